The Labute approximate surface area is 185 Å². The molecule has 0 saturated carbocycles. The van der Waals surface area contributed by atoms with Gasteiger partial charge in [-0.05, 0) is 30.7 Å². The number of esters is 1. The maximum absolute atomic E-state index is 14.3. The van der Waals surface area contributed by atoms with Crippen LogP contribution in [0.1, 0.15) is 38.1 Å². The van der Waals surface area contributed by atoms with Crippen LogP contribution < -0.4 is 10.5 Å². The van der Waals surface area contributed by atoms with Crippen molar-refractivity contribution in [3.05, 3.63) is 62.5 Å². The van der Waals surface area contributed by atoms with Crippen molar-refractivity contribution < 1.29 is 32.6 Å². The number of nitrogens with two attached hydrogens (primary N) is 1. The van der Waals surface area contributed by atoms with Crippen molar-refractivity contribution in [1.82, 2.24) is 0 Å². The Morgan fingerprint density at radius 1 is 1.16 bits per heavy atom. The summed E-state index contributed by atoms with van der Waals surface area (Å²) in [7, 11) is 1.53. The fourth-order valence-electron chi connectivity index (χ4n) is 3.03. The molecule has 6 nitrogen and oxygen atoms in total. The number of benzene rings is 2. The molecule has 3 aromatic rings. The molecule has 0 spiro atoms. The van der Waals surface area contributed by atoms with Crippen molar-refractivity contribution in [1.29, 1.82) is 0 Å². The number of thiophene rings is 1. The van der Waals surface area contributed by atoms with E-state index in [1.54, 1.807) is 19.1 Å². The van der Waals surface area contributed by atoms with Crippen molar-refractivity contribution >= 4 is 44.9 Å². The number of hydrogen-bond donors (Lipinski definition) is 1. The molecule has 0 unspecified atom stereocenters. The quantitative estimate of drug-likeness (QED) is 0.477. The van der Waals surface area contributed by atoms with Crippen LogP contribution in [-0.2, 0) is 22.7 Å². The van der Waals surface area contributed by atoms with Gasteiger partial charge in [0.05, 0.1) is 13.2 Å². The van der Waals surface area contributed by atoms with Gasteiger partial charge in [-0.2, -0.15) is 0 Å². The molecular formula is C21H18ClF2NO5S. The van der Waals surface area contributed by atoms with E-state index >= 15 is 0 Å². The van der Waals surface area contributed by atoms with E-state index in [2.05, 4.69) is 0 Å². The van der Waals surface area contributed by atoms with Crippen LogP contribution in [0.25, 0.3) is 10.1 Å². The van der Waals surface area contributed by atoms with Gasteiger partial charge in [-0.1, -0.05) is 17.7 Å². The molecule has 0 radical (unpaired) electrons. The highest BCUT2D eigenvalue weighted by Gasteiger charge is 2.25. The van der Waals surface area contributed by atoms with Gasteiger partial charge in [0, 0.05) is 33.3 Å². The molecule has 0 atom stereocenters. The number of hydrogen-bond acceptors (Lipinski definition) is 6. The van der Waals surface area contributed by atoms with Crippen LogP contribution in [0, 0.1) is 11.6 Å². The predicted octanol–water partition coefficient (Wildman–Crippen LogP) is 4.83. The number of carbonyl (C=O) groups is 2. The summed E-state index contributed by atoms with van der Waals surface area (Å²) in [6, 6.07) is 4.98. The summed E-state index contributed by atoms with van der Waals surface area (Å²) in [6.07, 6.45) is 0. The zero-order valence-corrected chi connectivity index (χ0v) is 18.2. The highest BCUT2D eigenvalue weighted by molar-refractivity contribution is 7.21. The first-order valence-corrected chi connectivity index (χ1v) is 10.3. The summed E-state index contributed by atoms with van der Waals surface area (Å²) in [5.41, 5.74) is 5.85. The molecule has 0 aliphatic carbocycles. The summed E-state index contributed by atoms with van der Waals surface area (Å²) in [5.74, 6) is -4.49. The molecule has 1 amide bonds. The van der Waals surface area contributed by atoms with Crippen LogP contribution in [0.4, 0.5) is 8.78 Å². The van der Waals surface area contributed by atoms with Crippen LogP contribution in [0.5, 0.6) is 5.75 Å². The van der Waals surface area contributed by atoms with Crippen molar-refractivity contribution in [3.63, 3.8) is 0 Å². The van der Waals surface area contributed by atoms with Gasteiger partial charge in [0.15, 0.2) is 17.4 Å². The number of primary amides is 1. The van der Waals surface area contributed by atoms with E-state index in [0.717, 1.165) is 29.0 Å². The van der Waals surface area contributed by atoms with Gasteiger partial charge in [-0.15, -0.1) is 11.3 Å². The molecule has 3 rings (SSSR count). The summed E-state index contributed by atoms with van der Waals surface area (Å²) in [4.78, 5) is 23.9. The van der Waals surface area contributed by atoms with E-state index in [1.165, 1.54) is 7.11 Å². The zero-order chi connectivity index (χ0) is 22.7. The molecule has 1 heterocycles. The molecule has 2 N–H and O–H groups in total. The first-order chi connectivity index (χ1) is 14.8. The molecule has 1 aromatic heterocycles. The second-order valence-electron chi connectivity index (χ2n) is 6.40. The van der Waals surface area contributed by atoms with Crippen LogP contribution in [0.15, 0.2) is 24.3 Å². The fraction of sp³-hybridized carbons (Fsp3) is 0.238. The summed E-state index contributed by atoms with van der Waals surface area (Å²) < 4.78 is 45.1. The van der Waals surface area contributed by atoms with Gasteiger partial charge in [-0.25, -0.2) is 13.6 Å². The standard InChI is InChI=1S/C21H18ClF2NO5S/c1-3-29-21(27)19-12(16-13(22)5-4-10(8-28-2)18(16)31-19)9-30-17-14(23)6-11(20(25)26)7-15(17)24/h4-7H,3,8-9H2,1-2H3,(H2,25,26). The van der Waals surface area contributed by atoms with Crippen molar-refractivity contribution in [2.45, 2.75) is 20.1 Å². The number of ether oxygens (including phenoxy) is 3. The third-order valence-electron chi connectivity index (χ3n) is 4.37. The van der Waals surface area contributed by atoms with Crippen molar-refractivity contribution in [2.24, 2.45) is 5.73 Å². The third kappa shape index (κ3) is 4.63. The van der Waals surface area contributed by atoms with Gasteiger partial charge in [0.2, 0.25) is 5.91 Å². The normalized spacial score (nSPS) is 11.0. The zero-order valence-electron chi connectivity index (χ0n) is 16.6. The Morgan fingerprint density at radius 3 is 2.42 bits per heavy atom. The van der Waals surface area contributed by atoms with E-state index < -0.39 is 29.3 Å². The SMILES string of the molecule is CCOC(=O)c1sc2c(COC)ccc(Cl)c2c1COc1c(F)cc(C(N)=O)cc1F. The second-order valence-corrected chi connectivity index (χ2v) is 7.82. The van der Waals surface area contributed by atoms with Crippen LogP contribution in [-0.4, -0.2) is 25.6 Å². The van der Waals surface area contributed by atoms with E-state index in [1.807, 2.05) is 0 Å². The first-order valence-electron chi connectivity index (χ1n) is 9.08. The first kappa shape index (κ1) is 22.9. The second kappa shape index (κ2) is 9.59. The average Bonchev–Trinajstić information content (AvgIpc) is 3.10. The maximum Gasteiger partial charge on any atom is 0.348 e. The lowest BCUT2D eigenvalue weighted by atomic mass is 10.1. The molecule has 0 aliphatic rings. The van der Waals surface area contributed by atoms with E-state index in [0.29, 0.717) is 20.7 Å². The molecule has 0 bridgehead atoms. The molecule has 164 valence electrons. The van der Waals surface area contributed by atoms with Crippen LogP contribution in [0.2, 0.25) is 5.02 Å². The summed E-state index contributed by atoms with van der Waals surface area (Å²) in [5, 5.41) is 0.851. The smallest absolute Gasteiger partial charge is 0.348 e. The molecule has 2 aromatic carbocycles. The molecule has 10 heteroatoms. The Morgan fingerprint density at radius 2 is 1.84 bits per heavy atom. The molecular weight excluding hydrogens is 452 g/mol. The van der Waals surface area contributed by atoms with Crippen LogP contribution in [0.3, 0.4) is 0 Å². The summed E-state index contributed by atoms with van der Waals surface area (Å²) in [6.45, 7) is 1.71. The molecule has 0 aliphatic heterocycles. The van der Waals surface area contributed by atoms with Gasteiger partial charge in [-0.3, -0.25) is 4.79 Å². The predicted molar refractivity (Wildman–Crippen MR) is 113 cm³/mol. The summed E-state index contributed by atoms with van der Waals surface area (Å²) >= 11 is 7.52. The minimum absolute atomic E-state index is 0.143. The average molecular weight is 470 g/mol. The minimum Gasteiger partial charge on any atom is -0.483 e. The van der Waals surface area contributed by atoms with E-state index in [4.69, 9.17) is 31.5 Å². The Hall–Kier alpha value is -2.75. The monoisotopic (exact) mass is 469 g/mol. The number of amides is 1. The lowest BCUT2D eigenvalue weighted by Gasteiger charge is -2.11. The third-order valence-corrected chi connectivity index (χ3v) is 5.98. The lowest BCUT2D eigenvalue weighted by Crippen LogP contribution is -2.13. The molecule has 0 fully saturated rings. The van der Waals surface area contributed by atoms with Gasteiger partial charge in [0.25, 0.3) is 0 Å². The highest BCUT2D eigenvalue weighted by atomic mass is 35.5. The van der Waals surface area contributed by atoms with Gasteiger partial charge >= 0.3 is 5.97 Å². The number of fused-ring (bicyclic) bond motifs is 1. The van der Waals surface area contributed by atoms with Crippen molar-refractivity contribution in [3.8, 4) is 5.75 Å². The Balaban J connectivity index is 2.08. The van der Waals surface area contributed by atoms with E-state index in [-0.39, 0.29) is 30.3 Å². The topological polar surface area (TPSA) is 87.8 Å². The number of carbonyl (C=O) groups excluding carboxylic acids is 2. The maximum atomic E-state index is 14.3. The van der Waals surface area contributed by atoms with Gasteiger partial charge < -0.3 is 19.9 Å². The minimum atomic E-state index is -1.10. The van der Waals surface area contributed by atoms with Crippen LogP contribution >= 0.6 is 22.9 Å². The van der Waals surface area contributed by atoms with Gasteiger partial charge in [0.1, 0.15) is 11.5 Å². The molecule has 0 saturated heterocycles. The van der Waals surface area contributed by atoms with E-state index in [9.17, 15) is 18.4 Å². The number of halogens is 3. The van der Waals surface area contributed by atoms with Crippen molar-refractivity contribution in [2.75, 3.05) is 13.7 Å². The number of rotatable bonds is 8. The fourth-order valence-corrected chi connectivity index (χ4v) is 4.58. The number of methoxy groups -OCH3 is 1. The largest absolute Gasteiger partial charge is 0.483 e. The lowest BCUT2D eigenvalue weighted by molar-refractivity contribution is 0.0529. The Bertz CT molecular complexity index is 1140. The Kier molecular flexibility index (Phi) is 7.09. The highest BCUT2D eigenvalue weighted by Crippen LogP contribution is 2.40. The molecule has 31 heavy (non-hydrogen) atoms.